The predicted octanol–water partition coefficient (Wildman–Crippen LogP) is 2.86. The summed E-state index contributed by atoms with van der Waals surface area (Å²) in [4.78, 5) is 11.4. The van der Waals surface area contributed by atoms with Crippen LogP contribution in [0, 0.1) is 25.7 Å². The summed E-state index contributed by atoms with van der Waals surface area (Å²) in [6, 6.07) is 3.82. The number of hydrogen-bond donors (Lipinski definition) is 2. The third-order valence-electron chi connectivity index (χ3n) is 2.97. The molecule has 96 valence electrons. The number of rotatable bonds is 4. The Labute approximate surface area is 108 Å². The standard InChI is InChI=1S/C15H19NO2/c1-4-5-6-7-12(15(17)18)13-9-10(2)8-11(3)14(13)16/h8-9,12H,6-7,16H2,1-3H3,(H,17,18). The van der Waals surface area contributed by atoms with Crippen LogP contribution in [0.15, 0.2) is 12.1 Å². The summed E-state index contributed by atoms with van der Waals surface area (Å²) >= 11 is 0. The zero-order valence-electron chi connectivity index (χ0n) is 11.1. The van der Waals surface area contributed by atoms with Crippen LogP contribution in [0.2, 0.25) is 0 Å². The molecule has 0 amide bonds. The molecule has 0 radical (unpaired) electrons. The van der Waals surface area contributed by atoms with E-state index in [4.69, 9.17) is 5.73 Å². The first-order chi connectivity index (χ1) is 8.47. The molecule has 1 aromatic carbocycles. The summed E-state index contributed by atoms with van der Waals surface area (Å²) in [6.07, 6.45) is 1.06. The van der Waals surface area contributed by atoms with Gasteiger partial charge in [0.15, 0.2) is 0 Å². The molecule has 0 spiro atoms. The van der Waals surface area contributed by atoms with E-state index < -0.39 is 11.9 Å². The monoisotopic (exact) mass is 245 g/mol. The Morgan fingerprint density at radius 2 is 2.11 bits per heavy atom. The number of nitrogens with two attached hydrogens (primary N) is 1. The van der Waals surface area contributed by atoms with Crippen LogP contribution in [0.4, 0.5) is 5.69 Å². The summed E-state index contributed by atoms with van der Waals surface area (Å²) in [6.45, 7) is 5.60. The highest BCUT2D eigenvalue weighted by Crippen LogP contribution is 2.30. The molecule has 3 N–H and O–H groups in total. The van der Waals surface area contributed by atoms with Gasteiger partial charge in [0, 0.05) is 12.1 Å². The van der Waals surface area contributed by atoms with Gasteiger partial charge in [0.2, 0.25) is 0 Å². The topological polar surface area (TPSA) is 63.3 Å². The molecule has 1 unspecified atom stereocenters. The van der Waals surface area contributed by atoms with Crippen molar-refractivity contribution in [3.05, 3.63) is 28.8 Å². The summed E-state index contributed by atoms with van der Waals surface area (Å²) in [7, 11) is 0. The van der Waals surface area contributed by atoms with Crippen molar-refractivity contribution in [3.63, 3.8) is 0 Å². The second-order valence-corrected chi connectivity index (χ2v) is 4.44. The van der Waals surface area contributed by atoms with Crippen LogP contribution in [-0.4, -0.2) is 11.1 Å². The molecule has 0 aliphatic carbocycles. The van der Waals surface area contributed by atoms with Gasteiger partial charge in [0.05, 0.1) is 5.92 Å². The first-order valence-electron chi connectivity index (χ1n) is 5.96. The van der Waals surface area contributed by atoms with E-state index in [2.05, 4.69) is 11.8 Å². The maximum absolute atomic E-state index is 11.4. The molecule has 1 aromatic rings. The quantitative estimate of drug-likeness (QED) is 0.633. The van der Waals surface area contributed by atoms with Crippen LogP contribution in [-0.2, 0) is 4.79 Å². The van der Waals surface area contributed by atoms with Crippen molar-refractivity contribution >= 4 is 11.7 Å². The number of anilines is 1. The number of carbonyl (C=O) groups is 1. The Morgan fingerprint density at radius 1 is 1.44 bits per heavy atom. The highest BCUT2D eigenvalue weighted by molar-refractivity contribution is 5.79. The smallest absolute Gasteiger partial charge is 0.311 e. The van der Waals surface area contributed by atoms with E-state index in [-0.39, 0.29) is 0 Å². The molecular formula is C15H19NO2. The maximum Gasteiger partial charge on any atom is 0.311 e. The molecule has 18 heavy (non-hydrogen) atoms. The van der Waals surface area contributed by atoms with Crippen molar-refractivity contribution in [1.29, 1.82) is 0 Å². The van der Waals surface area contributed by atoms with Crippen LogP contribution in [0.5, 0.6) is 0 Å². The highest BCUT2D eigenvalue weighted by Gasteiger charge is 2.22. The summed E-state index contributed by atoms with van der Waals surface area (Å²) in [5.41, 5.74) is 9.24. The van der Waals surface area contributed by atoms with E-state index in [1.54, 1.807) is 6.92 Å². The summed E-state index contributed by atoms with van der Waals surface area (Å²) in [5, 5.41) is 9.33. The molecule has 3 heteroatoms. The molecule has 3 nitrogen and oxygen atoms in total. The molecule has 0 saturated carbocycles. The van der Waals surface area contributed by atoms with E-state index in [1.165, 1.54) is 0 Å². The largest absolute Gasteiger partial charge is 0.481 e. The molecule has 0 bridgehead atoms. The van der Waals surface area contributed by atoms with Gasteiger partial charge in [-0.05, 0) is 38.3 Å². The number of nitrogen functional groups attached to an aromatic ring is 1. The van der Waals surface area contributed by atoms with E-state index in [0.717, 1.165) is 11.1 Å². The van der Waals surface area contributed by atoms with Crippen molar-refractivity contribution in [2.75, 3.05) is 5.73 Å². The minimum Gasteiger partial charge on any atom is -0.481 e. The Morgan fingerprint density at radius 3 is 2.67 bits per heavy atom. The minimum atomic E-state index is -0.843. The molecule has 1 rings (SSSR count). The lowest BCUT2D eigenvalue weighted by atomic mass is 9.90. The van der Waals surface area contributed by atoms with Gasteiger partial charge in [0.25, 0.3) is 0 Å². The van der Waals surface area contributed by atoms with Crippen LogP contribution < -0.4 is 5.73 Å². The lowest BCUT2D eigenvalue weighted by Crippen LogP contribution is -2.14. The second kappa shape index (κ2) is 6.11. The minimum absolute atomic E-state index is 0.489. The molecule has 0 aromatic heterocycles. The third kappa shape index (κ3) is 3.27. The van der Waals surface area contributed by atoms with Crippen molar-refractivity contribution in [3.8, 4) is 11.8 Å². The fourth-order valence-corrected chi connectivity index (χ4v) is 2.05. The lowest BCUT2D eigenvalue weighted by Gasteiger charge is -2.16. The van der Waals surface area contributed by atoms with Crippen molar-refractivity contribution < 1.29 is 9.90 Å². The highest BCUT2D eigenvalue weighted by atomic mass is 16.4. The van der Waals surface area contributed by atoms with Gasteiger partial charge >= 0.3 is 5.97 Å². The molecule has 0 heterocycles. The van der Waals surface area contributed by atoms with Gasteiger partial charge in [-0.15, -0.1) is 11.8 Å². The van der Waals surface area contributed by atoms with Gasteiger partial charge in [-0.1, -0.05) is 17.7 Å². The summed E-state index contributed by atoms with van der Waals surface area (Å²) < 4.78 is 0. The van der Waals surface area contributed by atoms with Crippen LogP contribution in [0.25, 0.3) is 0 Å². The second-order valence-electron chi connectivity index (χ2n) is 4.44. The SMILES string of the molecule is CC#CCCC(C(=O)O)c1cc(C)cc(C)c1N. The Balaban J connectivity index is 3.12. The third-order valence-corrected chi connectivity index (χ3v) is 2.97. The Hall–Kier alpha value is -1.95. The molecular weight excluding hydrogens is 226 g/mol. The van der Waals surface area contributed by atoms with E-state index in [0.29, 0.717) is 24.1 Å². The van der Waals surface area contributed by atoms with Crippen LogP contribution in [0.3, 0.4) is 0 Å². The van der Waals surface area contributed by atoms with E-state index >= 15 is 0 Å². The number of hydrogen-bond acceptors (Lipinski definition) is 2. The van der Waals surface area contributed by atoms with Gasteiger partial charge in [-0.25, -0.2) is 0 Å². The molecule has 0 fully saturated rings. The zero-order valence-corrected chi connectivity index (χ0v) is 11.1. The summed E-state index contributed by atoms with van der Waals surface area (Å²) in [5.74, 6) is 4.25. The average Bonchev–Trinajstić information content (AvgIpc) is 2.29. The molecule has 0 aliphatic heterocycles. The van der Waals surface area contributed by atoms with Crippen LogP contribution >= 0.6 is 0 Å². The Bertz CT molecular complexity index is 509. The van der Waals surface area contributed by atoms with Crippen molar-refractivity contribution in [1.82, 2.24) is 0 Å². The first-order valence-corrected chi connectivity index (χ1v) is 5.96. The molecule has 0 saturated heterocycles. The molecule has 1 atom stereocenters. The van der Waals surface area contributed by atoms with Gasteiger partial charge in [-0.3, -0.25) is 4.79 Å². The average molecular weight is 245 g/mol. The number of aryl methyl sites for hydroxylation is 2. The fourth-order valence-electron chi connectivity index (χ4n) is 2.05. The maximum atomic E-state index is 11.4. The van der Waals surface area contributed by atoms with Gasteiger partial charge in [0.1, 0.15) is 0 Å². The number of carboxylic acid groups (broad SMARTS) is 1. The van der Waals surface area contributed by atoms with E-state index in [1.807, 2.05) is 26.0 Å². The predicted molar refractivity (Wildman–Crippen MR) is 73.4 cm³/mol. The van der Waals surface area contributed by atoms with Crippen molar-refractivity contribution in [2.24, 2.45) is 0 Å². The number of benzene rings is 1. The number of aliphatic carboxylic acids is 1. The first kappa shape index (κ1) is 14.1. The van der Waals surface area contributed by atoms with Crippen LogP contribution in [0.1, 0.15) is 42.4 Å². The number of carboxylic acids is 1. The van der Waals surface area contributed by atoms with Crippen molar-refractivity contribution in [2.45, 2.75) is 39.5 Å². The Kier molecular flexibility index (Phi) is 4.79. The molecule has 0 aliphatic rings. The zero-order chi connectivity index (χ0) is 13.7. The van der Waals surface area contributed by atoms with Gasteiger partial charge < -0.3 is 10.8 Å². The fraction of sp³-hybridized carbons (Fsp3) is 0.400. The lowest BCUT2D eigenvalue weighted by molar-refractivity contribution is -0.138. The van der Waals surface area contributed by atoms with Gasteiger partial charge in [-0.2, -0.15) is 0 Å². The van der Waals surface area contributed by atoms with E-state index in [9.17, 15) is 9.90 Å². The normalized spacial score (nSPS) is 11.5.